The summed E-state index contributed by atoms with van der Waals surface area (Å²) in [5.41, 5.74) is -3.41. The van der Waals surface area contributed by atoms with Gasteiger partial charge in [-0.3, -0.25) is 24.0 Å². The molecule has 0 saturated carbocycles. The van der Waals surface area contributed by atoms with Gasteiger partial charge in [-0.25, -0.2) is 14.4 Å². The fourth-order valence-electron chi connectivity index (χ4n) is 3.67. The molecule has 1 aromatic rings. The number of aryl methyl sites for hydroxylation is 1. The molecule has 2 rings (SSSR count). The lowest BCUT2D eigenvalue weighted by atomic mass is 9.95. The summed E-state index contributed by atoms with van der Waals surface area (Å²) < 4.78 is 16.1. The molecule has 32 heavy (non-hydrogen) atoms. The number of aromatic nitrogens is 2. The molecular formula is C20H30N4O8. The van der Waals surface area contributed by atoms with E-state index >= 15 is 0 Å². The van der Waals surface area contributed by atoms with Crippen LogP contribution in [0.4, 0.5) is 4.79 Å². The maximum atomic E-state index is 12.9. The molecule has 12 nitrogen and oxygen atoms in total. The molecule has 1 fully saturated rings. The molecule has 178 valence electrons. The van der Waals surface area contributed by atoms with Crippen molar-refractivity contribution < 1.29 is 28.6 Å². The van der Waals surface area contributed by atoms with Crippen molar-refractivity contribution in [2.45, 2.75) is 51.3 Å². The molecule has 2 N–H and O–H groups in total. The van der Waals surface area contributed by atoms with Gasteiger partial charge in [0.1, 0.15) is 11.6 Å². The average molecular weight is 454 g/mol. The van der Waals surface area contributed by atoms with Crippen molar-refractivity contribution in [2.24, 2.45) is 0 Å². The number of esters is 2. The largest absolute Gasteiger partial charge is 0.468 e. The Labute approximate surface area is 184 Å². The third kappa shape index (κ3) is 5.36. The molecule has 0 aromatic carbocycles. The molecule has 1 amide bonds. The lowest BCUT2D eigenvalue weighted by molar-refractivity contribution is -0.151. The number of rotatable bonds is 6. The van der Waals surface area contributed by atoms with E-state index in [1.54, 1.807) is 25.7 Å². The molecule has 0 spiro atoms. The molecule has 12 heteroatoms. The van der Waals surface area contributed by atoms with E-state index in [0.717, 1.165) is 4.57 Å². The zero-order valence-electron chi connectivity index (χ0n) is 19.1. The van der Waals surface area contributed by atoms with Gasteiger partial charge in [0.25, 0.3) is 5.56 Å². The first-order chi connectivity index (χ1) is 14.8. The molecule has 1 aromatic heterocycles. The van der Waals surface area contributed by atoms with Crippen molar-refractivity contribution in [3.8, 4) is 0 Å². The summed E-state index contributed by atoms with van der Waals surface area (Å²) in [6.07, 6.45) is 0.525. The van der Waals surface area contributed by atoms with Gasteiger partial charge in [-0.05, 0) is 27.7 Å². The second-order valence-electron chi connectivity index (χ2n) is 8.61. The van der Waals surface area contributed by atoms with E-state index in [0.29, 0.717) is 0 Å². The Morgan fingerprint density at radius 3 is 2.44 bits per heavy atom. The average Bonchev–Trinajstić information content (AvgIpc) is 3.08. The highest BCUT2D eigenvalue weighted by molar-refractivity contribution is 5.84. The van der Waals surface area contributed by atoms with Crippen LogP contribution in [0.1, 0.15) is 32.8 Å². The molecule has 0 bridgehead atoms. The van der Waals surface area contributed by atoms with Crippen molar-refractivity contribution in [3.63, 3.8) is 0 Å². The van der Waals surface area contributed by atoms with Crippen LogP contribution in [0.3, 0.4) is 0 Å². The number of carbonyl (C=O) groups excluding carboxylic acids is 3. The van der Waals surface area contributed by atoms with Crippen LogP contribution >= 0.6 is 0 Å². The third-order valence-electron chi connectivity index (χ3n) is 5.12. The van der Waals surface area contributed by atoms with Crippen LogP contribution in [0.2, 0.25) is 0 Å². The van der Waals surface area contributed by atoms with E-state index in [9.17, 15) is 24.0 Å². The van der Waals surface area contributed by atoms with E-state index in [-0.39, 0.29) is 31.6 Å². The highest BCUT2D eigenvalue weighted by Crippen LogP contribution is 2.34. The highest BCUT2D eigenvalue weighted by Gasteiger charge is 2.54. The number of methoxy groups -OCH3 is 2. The van der Waals surface area contributed by atoms with Gasteiger partial charge in [0.05, 0.1) is 14.2 Å². The van der Waals surface area contributed by atoms with Crippen molar-refractivity contribution >= 4 is 18.0 Å². The Balaban J connectivity index is 2.36. The first-order valence-electron chi connectivity index (χ1n) is 10.0. The van der Waals surface area contributed by atoms with Gasteiger partial charge in [0.2, 0.25) is 0 Å². The summed E-state index contributed by atoms with van der Waals surface area (Å²) in [6.45, 7) is 6.88. The summed E-state index contributed by atoms with van der Waals surface area (Å²) in [7, 11) is 2.39. The Bertz CT molecular complexity index is 993. The molecule has 0 aliphatic carbocycles. The number of nitrogens with zero attached hydrogens (tertiary/aromatic N) is 2. The van der Waals surface area contributed by atoms with Crippen molar-refractivity contribution in [1.29, 1.82) is 0 Å². The van der Waals surface area contributed by atoms with Gasteiger partial charge in [-0.1, -0.05) is 0 Å². The Hall–Kier alpha value is -3.15. The Morgan fingerprint density at radius 2 is 1.88 bits per heavy atom. The fourth-order valence-corrected chi connectivity index (χ4v) is 3.67. The molecule has 2 heterocycles. The maximum absolute atomic E-state index is 12.9. The van der Waals surface area contributed by atoms with E-state index in [1.165, 1.54) is 27.3 Å². The van der Waals surface area contributed by atoms with E-state index < -0.39 is 46.5 Å². The summed E-state index contributed by atoms with van der Waals surface area (Å²) in [4.78, 5) is 65.5. The number of nitrogens with one attached hydrogen (secondary N) is 2. The number of alkyl carbamates (subject to hydrolysis) is 1. The van der Waals surface area contributed by atoms with E-state index in [1.807, 2.05) is 0 Å². The smallest absolute Gasteiger partial charge is 0.407 e. The van der Waals surface area contributed by atoms with Crippen molar-refractivity contribution in [1.82, 2.24) is 19.8 Å². The first kappa shape index (κ1) is 25.1. The zero-order valence-corrected chi connectivity index (χ0v) is 19.1. The molecule has 1 aliphatic rings. The number of hydrogen-bond acceptors (Lipinski definition) is 9. The van der Waals surface area contributed by atoms with Crippen LogP contribution in [0.25, 0.3) is 0 Å². The number of hydrogen-bond donors (Lipinski definition) is 2. The molecule has 0 unspecified atom stereocenters. The van der Waals surface area contributed by atoms with Crippen LogP contribution in [0.15, 0.2) is 15.8 Å². The third-order valence-corrected chi connectivity index (χ3v) is 5.12. The lowest BCUT2D eigenvalue weighted by Crippen LogP contribution is -2.52. The van der Waals surface area contributed by atoms with Gasteiger partial charge < -0.3 is 19.5 Å². The normalized spacial score (nSPS) is 21.1. The maximum Gasteiger partial charge on any atom is 0.407 e. The highest BCUT2D eigenvalue weighted by atomic mass is 16.6. The predicted octanol–water partition coefficient (Wildman–Crippen LogP) is -0.515. The second kappa shape index (κ2) is 9.55. The molecule has 2 atom stereocenters. The number of likely N-dealkylation sites (tertiary alicyclic amines) is 1. The van der Waals surface area contributed by atoms with Crippen molar-refractivity contribution in [3.05, 3.63) is 32.6 Å². The minimum absolute atomic E-state index is 0.0825. The van der Waals surface area contributed by atoms with Gasteiger partial charge in [0, 0.05) is 37.8 Å². The summed E-state index contributed by atoms with van der Waals surface area (Å²) in [6, 6.07) is -0.890. The van der Waals surface area contributed by atoms with Crippen LogP contribution < -0.4 is 16.6 Å². The number of H-pyrrole nitrogens is 1. The minimum Gasteiger partial charge on any atom is -0.468 e. The molecule has 1 saturated heterocycles. The van der Waals surface area contributed by atoms with Crippen LogP contribution in [0.5, 0.6) is 0 Å². The monoisotopic (exact) mass is 454 g/mol. The van der Waals surface area contributed by atoms with Crippen molar-refractivity contribution in [2.75, 3.05) is 33.9 Å². The van der Waals surface area contributed by atoms with Crippen LogP contribution in [-0.4, -0.2) is 78.0 Å². The van der Waals surface area contributed by atoms with Gasteiger partial charge in [-0.2, -0.15) is 0 Å². The fraction of sp³-hybridized carbons (Fsp3) is 0.650. The summed E-state index contributed by atoms with van der Waals surface area (Å²) >= 11 is 0. The molecule has 0 radical (unpaired) electrons. The SMILES string of the molecule is COC(=O)[C@@H]1C[C@](C(=O)OC)(n2cc(C)c(=O)[nH]c2=O)CN1CCNC(=O)OC(C)(C)C. The van der Waals surface area contributed by atoms with Crippen LogP contribution in [0, 0.1) is 6.92 Å². The van der Waals surface area contributed by atoms with Gasteiger partial charge in [0.15, 0.2) is 5.54 Å². The van der Waals surface area contributed by atoms with E-state index in [2.05, 4.69) is 10.3 Å². The van der Waals surface area contributed by atoms with Crippen LogP contribution in [-0.2, 0) is 29.3 Å². The topological polar surface area (TPSA) is 149 Å². The minimum atomic E-state index is -1.58. The van der Waals surface area contributed by atoms with Gasteiger partial charge in [-0.15, -0.1) is 0 Å². The Kier molecular flexibility index (Phi) is 7.50. The predicted molar refractivity (Wildman–Crippen MR) is 112 cm³/mol. The molecular weight excluding hydrogens is 424 g/mol. The summed E-state index contributed by atoms with van der Waals surface area (Å²) in [5, 5.41) is 2.59. The lowest BCUT2D eigenvalue weighted by Gasteiger charge is -2.28. The number of carbonyl (C=O) groups is 3. The first-order valence-corrected chi connectivity index (χ1v) is 10.0. The van der Waals surface area contributed by atoms with E-state index in [4.69, 9.17) is 14.2 Å². The number of ether oxygens (including phenoxy) is 3. The quantitative estimate of drug-likeness (QED) is 0.428. The number of amides is 1. The molecule has 1 aliphatic heterocycles. The summed E-state index contributed by atoms with van der Waals surface area (Å²) in [5.74, 6) is -1.36. The zero-order chi connectivity index (χ0) is 24.3. The van der Waals surface area contributed by atoms with Gasteiger partial charge >= 0.3 is 23.7 Å². The Morgan fingerprint density at radius 1 is 1.22 bits per heavy atom. The number of aromatic amines is 1. The standard InChI is InChI=1S/C20H30N4O8/c1-12-10-24(17(28)22-14(12)25)20(16(27)31-6)9-13(15(26)30-5)23(11-20)8-7-21-18(29)32-19(2,3)4/h10,13H,7-9,11H2,1-6H3,(H,21,29)(H,22,25,28)/t13-,20-/m0/s1. The second-order valence-corrected chi connectivity index (χ2v) is 8.61.